The van der Waals surface area contributed by atoms with Gasteiger partial charge in [0.1, 0.15) is 5.75 Å². The van der Waals surface area contributed by atoms with E-state index in [1.54, 1.807) is 31.0 Å². The number of rotatable bonds is 5. The summed E-state index contributed by atoms with van der Waals surface area (Å²) in [4.78, 5) is 10.2. The fourth-order valence-corrected chi connectivity index (χ4v) is 5.85. The van der Waals surface area contributed by atoms with Gasteiger partial charge in [-0.15, -0.1) is 11.8 Å². The molecule has 1 aliphatic rings. The predicted octanol–water partition coefficient (Wildman–Crippen LogP) is 3.04. The molecule has 2 aromatic rings. The maximum Gasteiger partial charge on any atom is 0.269 e. The summed E-state index contributed by atoms with van der Waals surface area (Å²) in [6.45, 7) is 0.390. The van der Waals surface area contributed by atoms with Crippen LogP contribution in [0.2, 0.25) is 0 Å². The van der Waals surface area contributed by atoms with Crippen LogP contribution in [0.15, 0.2) is 53.4 Å². The molecule has 1 aliphatic heterocycles. The van der Waals surface area contributed by atoms with Crippen LogP contribution in [0.25, 0.3) is 0 Å². The number of methoxy groups -OCH3 is 1. The van der Waals surface area contributed by atoms with Crippen molar-refractivity contribution in [3.05, 3.63) is 64.2 Å². The van der Waals surface area contributed by atoms with Crippen molar-refractivity contribution in [2.75, 3.05) is 19.4 Å². The van der Waals surface area contributed by atoms with E-state index in [0.717, 1.165) is 5.56 Å². The number of hydrogen-bond donors (Lipinski definition) is 0. The van der Waals surface area contributed by atoms with Crippen molar-refractivity contribution in [2.24, 2.45) is 0 Å². The molecule has 0 radical (unpaired) electrons. The monoisotopic (exact) mass is 380 g/mol. The molecule has 0 saturated carbocycles. The minimum absolute atomic E-state index is 0.0547. The van der Waals surface area contributed by atoms with Crippen molar-refractivity contribution in [1.82, 2.24) is 4.31 Å². The highest BCUT2D eigenvalue weighted by molar-refractivity contribution is 8.01. The van der Waals surface area contributed by atoms with Crippen LogP contribution in [0.5, 0.6) is 5.75 Å². The van der Waals surface area contributed by atoms with Crippen molar-refractivity contribution >= 4 is 27.5 Å². The molecule has 2 aromatic carbocycles. The van der Waals surface area contributed by atoms with Gasteiger partial charge in [-0.2, -0.15) is 4.31 Å². The molecule has 25 heavy (non-hydrogen) atoms. The molecular formula is C16H16N2O5S2. The standard InChI is InChI=1S/C16H16N2O5S2/c1-23-14-6-2-12(3-7-14)16-17(10-11-24-16)25(21,22)15-8-4-13(5-9-15)18(19)20/h2-9,16H,10-11H2,1H3/t16-/m1/s1. The van der Waals surface area contributed by atoms with Gasteiger partial charge in [-0.25, -0.2) is 8.42 Å². The Morgan fingerprint density at radius 3 is 2.36 bits per heavy atom. The van der Waals surface area contributed by atoms with Crippen LogP contribution in [0, 0.1) is 10.1 Å². The molecule has 1 atom stereocenters. The van der Waals surface area contributed by atoms with E-state index in [1.807, 2.05) is 12.1 Å². The van der Waals surface area contributed by atoms with Gasteiger partial charge in [0.2, 0.25) is 10.0 Å². The molecule has 1 saturated heterocycles. The summed E-state index contributed by atoms with van der Waals surface area (Å²) in [5.74, 6) is 1.39. The Balaban J connectivity index is 1.90. The van der Waals surface area contributed by atoms with Gasteiger partial charge in [-0.1, -0.05) is 12.1 Å². The average Bonchev–Trinajstić information content (AvgIpc) is 3.12. The molecule has 1 fully saturated rings. The zero-order valence-electron chi connectivity index (χ0n) is 13.4. The number of benzene rings is 2. The third kappa shape index (κ3) is 3.48. The zero-order valence-corrected chi connectivity index (χ0v) is 15.0. The largest absolute Gasteiger partial charge is 0.497 e. The van der Waals surface area contributed by atoms with E-state index in [2.05, 4.69) is 0 Å². The minimum Gasteiger partial charge on any atom is -0.497 e. The molecule has 0 amide bonds. The van der Waals surface area contributed by atoms with Crippen molar-refractivity contribution in [3.8, 4) is 5.75 Å². The van der Waals surface area contributed by atoms with E-state index < -0.39 is 14.9 Å². The van der Waals surface area contributed by atoms with E-state index in [9.17, 15) is 18.5 Å². The van der Waals surface area contributed by atoms with Gasteiger partial charge in [-0.3, -0.25) is 10.1 Å². The number of ether oxygens (including phenoxy) is 1. The van der Waals surface area contributed by atoms with E-state index in [0.29, 0.717) is 18.0 Å². The molecule has 0 bridgehead atoms. The number of thioether (sulfide) groups is 1. The summed E-state index contributed by atoms with van der Waals surface area (Å²) >= 11 is 1.54. The van der Waals surface area contributed by atoms with Gasteiger partial charge < -0.3 is 4.74 Å². The molecule has 0 aromatic heterocycles. The Morgan fingerprint density at radius 2 is 1.80 bits per heavy atom. The first kappa shape index (κ1) is 17.7. The third-order valence-electron chi connectivity index (χ3n) is 3.90. The predicted molar refractivity (Wildman–Crippen MR) is 95.2 cm³/mol. The number of non-ortho nitro benzene ring substituents is 1. The Kier molecular flexibility index (Phi) is 4.98. The van der Waals surface area contributed by atoms with Crippen molar-refractivity contribution < 1.29 is 18.1 Å². The van der Waals surface area contributed by atoms with E-state index in [4.69, 9.17) is 4.74 Å². The minimum atomic E-state index is -3.74. The van der Waals surface area contributed by atoms with Crippen LogP contribution in [0.3, 0.4) is 0 Å². The highest BCUT2D eigenvalue weighted by Gasteiger charge is 2.37. The summed E-state index contributed by atoms with van der Waals surface area (Å²) in [5.41, 5.74) is 0.732. The summed E-state index contributed by atoms with van der Waals surface area (Å²) in [6, 6.07) is 12.3. The van der Waals surface area contributed by atoms with Gasteiger partial charge in [0.25, 0.3) is 5.69 Å². The molecule has 7 nitrogen and oxygen atoms in total. The van der Waals surface area contributed by atoms with Gasteiger partial charge in [0.15, 0.2) is 0 Å². The smallest absolute Gasteiger partial charge is 0.269 e. The van der Waals surface area contributed by atoms with Crippen molar-refractivity contribution in [1.29, 1.82) is 0 Å². The van der Waals surface area contributed by atoms with Crippen LogP contribution in [0.4, 0.5) is 5.69 Å². The van der Waals surface area contributed by atoms with Crippen LogP contribution >= 0.6 is 11.8 Å². The van der Waals surface area contributed by atoms with E-state index in [1.165, 1.54) is 28.6 Å². The number of nitro groups is 1. The highest BCUT2D eigenvalue weighted by Crippen LogP contribution is 2.41. The quantitative estimate of drug-likeness (QED) is 0.585. The van der Waals surface area contributed by atoms with Crippen LogP contribution in [0.1, 0.15) is 10.9 Å². The summed E-state index contributed by atoms with van der Waals surface area (Å²) in [5, 5.41) is 10.4. The second-order valence-electron chi connectivity index (χ2n) is 5.36. The van der Waals surface area contributed by atoms with Crippen LogP contribution in [-0.2, 0) is 10.0 Å². The number of hydrogen-bond acceptors (Lipinski definition) is 6. The molecular weight excluding hydrogens is 364 g/mol. The lowest BCUT2D eigenvalue weighted by molar-refractivity contribution is -0.384. The fourth-order valence-electron chi connectivity index (χ4n) is 2.61. The maximum absolute atomic E-state index is 12.9. The maximum atomic E-state index is 12.9. The molecule has 0 unspecified atom stereocenters. The summed E-state index contributed by atoms with van der Waals surface area (Å²) < 4.78 is 32.4. The number of nitro benzene ring substituents is 1. The van der Waals surface area contributed by atoms with Gasteiger partial charge in [0, 0.05) is 24.4 Å². The normalized spacial score (nSPS) is 18.2. The van der Waals surface area contributed by atoms with Gasteiger partial charge in [0.05, 0.1) is 22.3 Å². The van der Waals surface area contributed by atoms with E-state index in [-0.39, 0.29) is 16.0 Å². The topological polar surface area (TPSA) is 89.8 Å². The Hall–Kier alpha value is -2.10. The Labute approximate surface area is 149 Å². The first-order chi connectivity index (χ1) is 11.9. The molecule has 0 aliphatic carbocycles. The molecule has 132 valence electrons. The molecule has 0 spiro atoms. The second kappa shape index (κ2) is 7.03. The first-order valence-electron chi connectivity index (χ1n) is 7.45. The molecule has 3 rings (SSSR count). The summed E-state index contributed by atoms with van der Waals surface area (Å²) in [6.07, 6.45) is 0. The summed E-state index contributed by atoms with van der Waals surface area (Å²) in [7, 11) is -2.16. The van der Waals surface area contributed by atoms with Gasteiger partial charge >= 0.3 is 0 Å². The fraction of sp³-hybridized carbons (Fsp3) is 0.250. The lowest BCUT2D eigenvalue weighted by atomic mass is 10.2. The lowest BCUT2D eigenvalue weighted by Gasteiger charge is -2.23. The van der Waals surface area contributed by atoms with Crippen LogP contribution in [-0.4, -0.2) is 37.1 Å². The Bertz CT molecular complexity index is 866. The van der Waals surface area contributed by atoms with E-state index >= 15 is 0 Å². The molecule has 1 heterocycles. The SMILES string of the molecule is COc1ccc([C@H]2SCCN2S(=O)(=O)c2ccc([N+](=O)[O-])cc2)cc1. The van der Waals surface area contributed by atoms with Crippen molar-refractivity contribution in [2.45, 2.75) is 10.3 Å². The first-order valence-corrected chi connectivity index (χ1v) is 9.94. The van der Waals surface area contributed by atoms with Crippen LogP contribution < -0.4 is 4.74 Å². The third-order valence-corrected chi connectivity index (χ3v) is 7.18. The molecule has 9 heteroatoms. The average molecular weight is 380 g/mol. The van der Waals surface area contributed by atoms with Crippen molar-refractivity contribution in [3.63, 3.8) is 0 Å². The highest BCUT2D eigenvalue weighted by atomic mass is 32.2. The number of nitrogens with zero attached hydrogens (tertiary/aromatic N) is 2. The second-order valence-corrected chi connectivity index (χ2v) is 8.44. The van der Waals surface area contributed by atoms with Gasteiger partial charge in [-0.05, 0) is 29.8 Å². The number of sulfonamides is 1. The lowest BCUT2D eigenvalue weighted by Crippen LogP contribution is -2.30. The molecule has 0 N–H and O–H groups in total. The zero-order chi connectivity index (χ0) is 18.0. The Morgan fingerprint density at radius 1 is 1.16 bits per heavy atom.